The van der Waals surface area contributed by atoms with Gasteiger partial charge in [0.15, 0.2) is 0 Å². The molecule has 1 aliphatic heterocycles. The zero-order chi connectivity index (χ0) is 13.0. The molecule has 0 amide bonds. The van der Waals surface area contributed by atoms with Gasteiger partial charge in [0.25, 0.3) is 0 Å². The van der Waals surface area contributed by atoms with Gasteiger partial charge in [0.05, 0.1) is 6.10 Å². The maximum atomic E-state index is 5.54. The van der Waals surface area contributed by atoms with Gasteiger partial charge in [-0.25, -0.2) is 0 Å². The number of hydrogen-bond donors (Lipinski definition) is 1. The van der Waals surface area contributed by atoms with Gasteiger partial charge in [0, 0.05) is 38.3 Å². The van der Waals surface area contributed by atoms with Gasteiger partial charge in [-0.2, -0.15) is 0 Å². The molecule has 2 rings (SSSR count). The third-order valence-electron chi connectivity index (χ3n) is 3.54. The molecule has 2 unspecified atom stereocenters. The summed E-state index contributed by atoms with van der Waals surface area (Å²) in [6.07, 6.45) is 1.53. The van der Waals surface area contributed by atoms with E-state index in [2.05, 4.69) is 33.7 Å². The predicted molar refractivity (Wildman–Crippen MR) is 73.9 cm³/mol. The summed E-state index contributed by atoms with van der Waals surface area (Å²) < 4.78 is 9.57. The first-order valence-electron chi connectivity index (χ1n) is 6.54. The molecule has 0 spiro atoms. The number of aromatic nitrogens is 2. The van der Waals surface area contributed by atoms with Crippen molar-refractivity contribution in [3.63, 3.8) is 0 Å². The number of anilines is 1. The third-order valence-corrected chi connectivity index (χ3v) is 4.27. The highest BCUT2D eigenvalue weighted by molar-refractivity contribution is 7.10. The van der Waals surface area contributed by atoms with Gasteiger partial charge >= 0.3 is 0 Å². The molecule has 2 heterocycles. The summed E-state index contributed by atoms with van der Waals surface area (Å²) in [7, 11) is 1.80. The van der Waals surface area contributed by atoms with E-state index in [1.165, 1.54) is 18.0 Å². The minimum absolute atomic E-state index is 0.341. The van der Waals surface area contributed by atoms with Gasteiger partial charge in [-0.3, -0.25) is 4.90 Å². The van der Waals surface area contributed by atoms with Crippen molar-refractivity contribution >= 4 is 16.5 Å². The van der Waals surface area contributed by atoms with E-state index in [9.17, 15) is 0 Å². The zero-order valence-electron chi connectivity index (χ0n) is 11.3. The molecule has 0 saturated carbocycles. The fourth-order valence-corrected chi connectivity index (χ4v) is 3.01. The molecule has 2 atom stereocenters. The maximum absolute atomic E-state index is 5.54. The molecule has 0 aliphatic carbocycles. The van der Waals surface area contributed by atoms with E-state index in [1.807, 2.05) is 0 Å². The van der Waals surface area contributed by atoms with Crippen molar-refractivity contribution in [1.82, 2.24) is 14.5 Å². The van der Waals surface area contributed by atoms with Crippen molar-refractivity contribution in [1.29, 1.82) is 0 Å². The summed E-state index contributed by atoms with van der Waals surface area (Å²) in [5.74, 6) is 0.646. The number of methoxy groups -OCH3 is 1. The van der Waals surface area contributed by atoms with Gasteiger partial charge < -0.3 is 10.1 Å². The summed E-state index contributed by atoms with van der Waals surface area (Å²) in [5, 5.41) is 8.64. The van der Waals surface area contributed by atoms with E-state index in [0.717, 1.165) is 36.9 Å². The van der Waals surface area contributed by atoms with E-state index in [0.29, 0.717) is 12.0 Å². The zero-order valence-corrected chi connectivity index (χ0v) is 12.2. The number of nitrogens with one attached hydrogen (secondary N) is 1. The molecule has 1 saturated heterocycles. The molecule has 0 bridgehead atoms. The van der Waals surface area contributed by atoms with Crippen molar-refractivity contribution < 1.29 is 4.74 Å². The number of ether oxygens (including phenoxy) is 1. The summed E-state index contributed by atoms with van der Waals surface area (Å²) in [4.78, 5) is 2.41. The molecular weight excluding hydrogens is 248 g/mol. The fourth-order valence-electron chi connectivity index (χ4n) is 2.37. The van der Waals surface area contributed by atoms with E-state index < -0.39 is 0 Å². The molecule has 1 aromatic heterocycles. The Labute approximate surface area is 113 Å². The average molecular weight is 270 g/mol. The van der Waals surface area contributed by atoms with Crippen LogP contribution in [0.15, 0.2) is 0 Å². The normalized spacial score (nSPS) is 25.3. The summed E-state index contributed by atoms with van der Waals surface area (Å²) in [6, 6.07) is 0. The van der Waals surface area contributed by atoms with Crippen LogP contribution >= 0.6 is 11.5 Å². The van der Waals surface area contributed by atoms with Crippen LogP contribution in [-0.2, 0) is 11.3 Å². The van der Waals surface area contributed by atoms with E-state index in [-0.39, 0.29) is 0 Å². The Balaban J connectivity index is 1.94. The first-order valence-corrected chi connectivity index (χ1v) is 7.32. The number of piperidine rings is 1. The van der Waals surface area contributed by atoms with Crippen LogP contribution < -0.4 is 5.32 Å². The molecule has 6 heteroatoms. The highest BCUT2D eigenvalue weighted by atomic mass is 32.1. The van der Waals surface area contributed by atoms with E-state index >= 15 is 0 Å². The van der Waals surface area contributed by atoms with Crippen LogP contribution in [0, 0.1) is 5.92 Å². The second-order valence-corrected chi connectivity index (χ2v) is 5.61. The standard InChI is InChI=1S/C12H22N4OS/c1-4-13-12-10(14-15-18-12)7-16-6-5-9(2)11(8-16)17-3/h9,11,13H,4-8H2,1-3H3. The van der Waals surface area contributed by atoms with Gasteiger partial charge in [-0.05, 0) is 25.8 Å². The molecule has 102 valence electrons. The number of hydrogen-bond acceptors (Lipinski definition) is 6. The summed E-state index contributed by atoms with van der Waals surface area (Å²) in [5.41, 5.74) is 1.06. The molecule has 1 aromatic rings. The lowest BCUT2D eigenvalue weighted by Gasteiger charge is -2.35. The molecule has 5 nitrogen and oxygen atoms in total. The second kappa shape index (κ2) is 6.45. The van der Waals surface area contributed by atoms with Crippen LogP contribution in [0.1, 0.15) is 26.0 Å². The Morgan fingerprint density at radius 1 is 1.56 bits per heavy atom. The lowest BCUT2D eigenvalue weighted by atomic mass is 9.96. The lowest BCUT2D eigenvalue weighted by Crippen LogP contribution is -2.43. The molecule has 1 N–H and O–H groups in total. The molecule has 1 aliphatic rings. The smallest absolute Gasteiger partial charge is 0.134 e. The minimum atomic E-state index is 0.341. The molecule has 1 fully saturated rings. The van der Waals surface area contributed by atoms with Crippen LogP contribution in [0.4, 0.5) is 5.00 Å². The van der Waals surface area contributed by atoms with Crippen molar-refractivity contribution in [2.75, 3.05) is 32.1 Å². The fraction of sp³-hybridized carbons (Fsp3) is 0.833. The Hall–Kier alpha value is -0.720. The summed E-state index contributed by atoms with van der Waals surface area (Å²) >= 11 is 1.44. The van der Waals surface area contributed by atoms with Crippen molar-refractivity contribution in [2.45, 2.75) is 32.9 Å². The Morgan fingerprint density at radius 2 is 2.39 bits per heavy atom. The van der Waals surface area contributed by atoms with Gasteiger partial charge in [-0.15, -0.1) is 5.10 Å². The molecule has 18 heavy (non-hydrogen) atoms. The highest BCUT2D eigenvalue weighted by Gasteiger charge is 2.26. The monoisotopic (exact) mass is 270 g/mol. The van der Waals surface area contributed by atoms with Crippen LogP contribution in [0.3, 0.4) is 0 Å². The molecule has 0 aromatic carbocycles. The Morgan fingerprint density at radius 3 is 3.11 bits per heavy atom. The van der Waals surface area contributed by atoms with Crippen LogP contribution in [-0.4, -0.2) is 47.3 Å². The van der Waals surface area contributed by atoms with E-state index in [1.54, 1.807) is 7.11 Å². The highest BCUT2D eigenvalue weighted by Crippen LogP contribution is 2.24. The van der Waals surface area contributed by atoms with E-state index in [4.69, 9.17) is 4.74 Å². The topological polar surface area (TPSA) is 50.3 Å². The van der Waals surface area contributed by atoms with Crippen LogP contribution in [0.5, 0.6) is 0 Å². The SMILES string of the molecule is CCNc1snnc1CN1CCC(C)C(OC)C1. The first kappa shape index (κ1) is 13.7. The summed E-state index contributed by atoms with van der Waals surface area (Å²) in [6.45, 7) is 8.23. The number of rotatable bonds is 5. The largest absolute Gasteiger partial charge is 0.380 e. The van der Waals surface area contributed by atoms with Crippen LogP contribution in [0.2, 0.25) is 0 Å². The Bertz CT molecular complexity index is 371. The maximum Gasteiger partial charge on any atom is 0.134 e. The number of nitrogens with zero attached hydrogens (tertiary/aromatic N) is 3. The number of likely N-dealkylation sites (tertiary alicyclic amines) is 1. The quantitative estimate of drug-likeness (QED) is 0.884. The average Bonchev–Trinajstić information content (AvgIpc) is 2.80. The van der Waals surface area contributed by atoms with Gasteiger partial charge in [-0.1, -0.05) is 11.4 Å². The van der Waals surface area contributed by atoms with Gasteiger partial charge in [0.1, 0.15) is 10.7 Å². The third kappa shape index (κ3) is 3.18. The van der Waals surface area contributed by atoms with Gasteiger partial charge in [0.2, 0.25) is 0 Å². The molecular formula is C12H22N4OS. The van der Waals surface area contributed by atoms with Crippen molar-refractivity contribution in [3.05, 3.63) is 5.69 Å². The van der Waals surface area contributed by atoms with Crippen molar-refractivity contribution in [3.8, 4) is 0 Å². The first-order chi connectivity index (χ1) is 8.74. The Kier molecular flexibility index (Phi) is 4.91. The molecule has 0 radical (unpaired) electrons. The van der Waals surface area contributed by atoms with Crippen LogP contribution in [0.25, 0.3) is 0 Å². The van der Waals surface area contributed by atoms with Crippen molar-refractivity contribution in [2.24, 2.45) is 5.92 Å². The second-order valence-electron chi connectivity index (χ2n) is 4.85. The minimum Gasteiger partial charge on any atom is -0.380 e. The lowest BCUT2D eigenvalue weighted by molar-refractivity contribution is -0.00773. The predicted octanol–water partition coefficient (Wildman–Crippen LogP) is 1.83.